The molecule has 0 aromatic heterocycles. The molecule has 0 aromatic rings. The standard InChI is InChI=1S/C17H42N4O12P4/c1-30-34(22,23)18-13-14-5-7-15(19-35(24,25)31-2)9-11-17(21-37(28,29)33-4)12-10-16(8-6-14)20-36(26,27)32-3/h14-17H,5-13H2,1-4H3,(H2,18,22,23)(H2,19,24,25)(H2,20,26,27)(H2,21,28,29). The number of rotatable bonds is 13. The molecule has 0 radical (unpaired) electrons. The van der Waals surface area contributed by atoms with Crippen molar-refractivity contribution in [3.63, 3.8) is 0 Å². The van der Waals surface area contributed by atoms with Crippen LogP contribution in [-0.2, 0) is 36.4 Å². The van der Waals surface area contributed by atoms with Crippen molar-refractivity contribution in [2.45, 2.75) is 69.5 Å². The molecule has 16 nitrogen and oxygen atoms in total. The van der Waals surface area contributed by atoms with E-state index in [0.29, 0.717) is 51.4 Å². The van der Waals surface area contributed by atoms with Gasteiger partial charge in [0.05, 0.1) is 0 Å². The Morgan fingerprint density at radius 3 is 1.08 bits per heavy atom. The third-order valence-corrected chi connectivity index (χ3v) is 10.8. The molecule has 1 aliphatic carbocycles. The fraction of sp³-hybridized carbons (Fsp3) is 1.00. The highest BCUT2D eigenvalue weighted by Gasteiger charge is 2.31. The lowest BCUT2D eigenvalue weighted by Crippen LogP contribution is -2.36. The molecular weight excluding hydrogens is 576 g/mol. The first-order chi connectivity index (χ1) is 17.1. The van der Waals surface area contributed by atoms with Crippen LogP contribution in [0.3, 0.4) is 0 Å². The maximum absolute atomic E-state index is 12.2. The number of hydrogen-bond donors (Lipinski definition) is 8. The van der Waals surface area contributed by atoms with Gasteiger partial charge in [-0.15, -0.1) is 0 Å². The molecule has 1 aliphatic rings. The first kappa shape index (κ1) is 35.5. The van der Waals surface area contributed by atoms with Crippen LogP contribution in [0.5, 0.6) is 0 Å². The summed E-state index contributed by atoms with van der Waals surface area (Å²) in [4.78, 5) is 39.6. The van der Waals surface area contributed by atoms with E-state index in [1.807, 2.05) is 0 Å². The minimum Gasteiger partial charge on any atom is -0.312 e. The summed E-state index contributed by atoms with van der Waals surface area (Å²) < 4.78 is 67.0. The van der Waals surface area contributed by atoms with E-state index in [1.165, 1.54) is 0 Å². The first-order valence-electron chi connectivity index (χ1n) is 11.7. The average Bonchev–Trinajstić information content (AvgIpc) is 2.83. The predicted octanol–water partition coefficient (Wildman–Crippen LogP) is 2.19. The van der Waals surface area contributed by atoms with Gasteiger partial charge in [0.2, 0.25) is 0 Å². The highest BCUT2D eigenvalue weighted by Crippen LogP contribution is 2.41. The van der Waals surface area contributed by atoms with Gasteiger partial charge in [-0.25, -0.2) is 38.6 Å². The van der Waals surface area contributed by atoms with Crippen molar-refractivity contribution in [1.82, 2.24) is 20.3 Å². The van der Waals surface area contributed by atoms with E-state index in [9.17, 15) is 37.8 Å². The summed E-state index contributed by atoms with van der Waals surface area (Å²) in [7, 11) is -11.9. The Kier molecular flexibility index (Phi) is 15.4. The normalized spacial score (nSPS) is 31.0. The molecule has 0 spiro atoms. The molecule has 0 aromatic carbocycles. The zero-order chi connectivity index (χ0) is 28.3. The molecule has 0 saturated heterocycles. The van der Waals surface area contributed by atoms with Crippen molar-refractivity contribution in [2.24, 2.45) is 5.92 Å². The number of hydrogen-bond acceptors (Lipinski definition) is 8. The van der Waals surface area contributed by atoms with E-state index in [4.69, 9.17) is 0 Å². The summed E-state index contributed by atoms with van der Waals surface area (Å²) in [5, 5.41) is 10.2. The molecule has 0 amide bonds. The molecule has 37 heavy (non-hydrogen) atoms. The highest BCUT2D eigenvalue weighted by molar-refractivity contribution is 7.51. The molecule has 20 heteroatoms. The second-order valence-corrected chi connectivity index (χ2v) is 15.5. The molecule has 8 N–H and O–H groups in total. The Balaban J connectivity index is 3.18. The topological polar surface area (TPSA) is 234 Å². The van der Waals surface area contributed by atoms with Gasteiger partial charge < -0.3 is 37.7 Å². The van der Waals surface area contributed by atoms with E-state index < -0.39 is 49.1 Å². The molecule has 6 atom stereocenters. The van der Waals surface area contributed by atoms with Gasteiger partial charge in [0.1, 0.15) is 0 Å². The van der Waals surface area contributed by atoms with Gasteiger partial charge in [-0.3, -0.25) is 0 Å². The second kappa shape index (κ2) is 16.0. The third kappa shape index (κ3) is 15.1. The monoisotopic (exact) mass is 618 g/mol. The maximum atomic E-state index is 12.2. The minimum atomic E-state index is -4.11. The van der Waals surface area contributed by atoms with Gasteiger partial charge in [0, 0.05) is 53.1 Å². The van der Waals surface area contributed by atoms with Crippen LogP contribution in [-0.4, -0.2) is 72.7 Å². The van der Waals surface area contributed by atoms with Gasteiger partial charge >= 0.3 is 31.0 Å². The zero-order valence-corrected chi connectivity index (χ0v) is 25.1. The van der Waals surface area contributed by atoms with Crippen LogP contribution in [0.15, 0.2) is 0 Å². The van der Waals surface area contributed by atoms with Gasteiger partial charge in [-0.1, -0.05) is 0 Å². The van der Waals surface area contributed by atoms with Crippen molar-refractivity contribution in [3.05, 3.63) is 0 Å². The van der Waals surface area contributed by atoms with Crippen molar-refractivity contribution in [3.8, 4) is 0 Å². The summed E-state index contributed by atoms with van der Waals surface area (Å²) in [5.74, 6) is -0.204. The minimum absolute atomic E-state index is 0.0922. The van der Waals surface area contributed by atoms with Crippen molar-refractivity contribution in [1.29, 1.82) is 0 Å². The highest BCUT2D eigenvalue weighted by atomic mass is 31.2. The largest absolute Gasteiger partial charge is 0.402 e. The Morgan fingerprint density at radius 2 is 0.811 bits per heavy atom. The van der Waals surface area contributed by atoms with E-state index >= 15 is 0 Å². The zero-order valence-electron chi connectivity index (χ0n) is 21.5. The van der Waals surface area contributed by atoms with Crippen LogP contribution >= 0.6 is 31.0 Å². The molecule has 0 bridgehead atoms. The summed E-state index contributed by atoms with van der Waals surface area (Å²) in [6.07, 6.45) is 2.82. The van der Waals surface area contributed by atoms with Crippen molar-refractivity contribution < 1.29 is 55.9 Å². The molecule has 0 aliphatic heterocycles. The fourth-order valence-electron chi connectivity index (χ4n) is 4.01. The smallest absolute Gasteiger partial charge is 0.312 e. The van der Waals surface area contributed by atoms with Crippen LogP contribution in [0.4, 0.5) is 0 Å². The summed E-state index contributed by atoms with van der Waals surface area (Å²) >= 11 is 0. The van der Waals surface area contributed by atoms with Gasteiger partial charge in [-0.05, 0) is 57.3 Å². The molecule has 1 fully saturated rings. The van der Waals surface area contributed by atoms with E-state index in [-0.39, 0.29) is 12.5 Å². The Labute approximate surface area is 217 Å². The van der Waals surface area contributed by atoms with Crippen molar-refractivity contribution in [2.75, 3.05) is 35.0 Å². The first-order valence-corrected chi connectivity index (χ1v) is 18.0. The molecule has 222 valence electrons. The lowest BCUT2D eigenvalue weighted by molar-refractivity contribution is 0.261. The van der Waals surface area contributed by atoms with Crippen LogP contribution in [0.1, 0.15) is 51.4 Å². The third-order valence-electron chi connectivity index (χ3n) is 6.18. The Bertz CT molecular complexity index is 841. The number of nitrogens with one attached hydrogen (secondary N) is 4. The van der Waals surface area contributed by atoms with Gasteiger partial charge in [0.25, 0.3) is 0 Å². The molecular formula is C17H42N4O12P4. The maximum Gasteiger partial charge on any atom is 0.402 e. The average molecular weight is 618 g/mol. The summed E-state index contributed by atoms with van der Waals surface area (Å²) in [6.45, 7) is 0.0922. The lowest BCUT2D eigenvalue weighted by Gasteiger charge is -2.30. The molecule has 1 saturated carbocycles. The van der Waals surface area contributed by atoms with E-state index in [0.717, 1.165) is 28.4 Å². The molecule has 1 rings (SSSR count). The quantitative estimate of drug-likeness (QED) is 0.138. The molecule has 6 unspecified atom stereocenters. The van der Waals surface area contributed by atoms with Crippen LogP contribution in [0.25, 0.3) is 0 Å². The summed E-state index contributed by atoms with van der Waals surface area (Å²) in [5.41, 5.74) is 0. The summed E-state index contributed by atoms with van der Waals surface area (Å²) in [6, 6.07) is -1.61. The molecule has 0 heterocycles. The van der Waals surface area contributed by atoms with Gasteiger partial charge in [0.15, 0.2) is 0 Å². The Hall–Kier alpha value is 0.440. The van der Waals surface area contributed by atoms with Crippen LogP contribution in [0, 0.1) is 5.92 Å². The van der Waals surface area contributed by atoms with E-state index in [2.05, 4.69) is 38.4 Å². The SMILES string of the molecule is COP(=O)(O)NCC1CCC(NP(=O)(O)OC)CCC(NP(=O)(O)OC)CCC(NP(=O)(O)OC)CC1. The lowest BCUT2D eigenvalue weighted by atomic mass is 9.89. The van der Waals surface area contributed by atoms with Crippen molar-refractivity contribution >= 4 is 31.0 Å². The van der Waals surface area contributed by atoms with E-state index in [1.54, 1.807) is 0 Å². The fourth-order valence-corrected chi connectivity index (χ4v) is 7.10. The van der Waals surface area contributed by atoms with Gasteiger partial charge in [-0.2, -0.15) is 0 Å². The second-order valence-electron chi connectivity index (χ2n) is 8.83. The Morgan fingerprint density at radius 1 is 0.541 bits per heavy atom. The van der Waals surface area contributed by atoms with Crippen LogP contribution < -0.4 is 20.3 Å². The van der Waals surface area contributed by atoms with Crippen LogP contribution in [0.2, 0.25) is 0 Å². The predicted molar refractivity (Wildman–Crippen MR) is 137 cm³/mol.